The maximum atomic E-state index is 6.53. The number of nitrogens with zero attached hydrogens (tertiary/aromatic N) is 2. The first-order chi connectivity index (χ1) is 27.2. The molecule has 258 valence electrons. The fourth-order valence-electron chi connectivity index (χ4n) is 8.46. The minimum Gasteiger partial charge on any atom is -0.456 e. The number of rotatable bonds is 5. The van der Waals surface area contributed by atoms with Crippen molar-refractivity contribution < 1.29 is 13.3 Å². The van der Waals surface area contributed by atoms with E-state index in [1.807, 2.05) is 42.5 Å². The van der Waals surface area contributed by atoms with Crippen molar-refractivity contribution in [2.45, 2.75) is 0 Å². The lowest BCUT2D eigenvalue weighted by Crippen LogP contribution is -2.09. The third-order valence-electron chi connectivity index (χ3n) is 11.0. The summed E-state index contributed by atoms with van der Waals surface area (Å²) in [5, 5.41) is 7.81. The van der Waals surface area contributed by atoms with Crippen molar-refractivity contribution >= 4 is 93.9 Å². The lowest BCUT2D eigenvalue weighted by atomic mass is 10.0. The van der Waals surface area contributed by atoms with Crippen molar-refractivity contribution in [2.75, 3.05) is 4.90 Å². The molecule has 8 aromatic carbocycles. The first kappa shape index (κ1) is 30.0. The second kappa shape index (κ2) is 11.5. The van der Waals surface area contributed by atoms with Gasteiger partial charge >= 0.3 is 0 Å². The van der Waals surface area contributed by atoms with Crippen molar-refractivity contribution in [3.8, 4) is 16.8 Å². The van der Waals surface area contributed by atoms with E-state index >= 15 is 0 Å². The summed E-state index contributed by atoms with van der Waals surface area (Å²) in [4.78, 5) is 2.27. The molecule has 0 saturated carbocycles. The van der Waals surface area contributed by atoms with Crippen LogP contribution < -0.4 is 4.90 Å². The summed E-state index contributed by atoms with van der Waals surface area (Å²) in [6.45, 7) is 0. The average Bonchev–Trinajstić information content (AvgIpc) is 3.99. The van der Waals surface area contributed by atoms with E-state index in [2.05, 4.69) is 149 Å². The SMILES string of the molecule is c1ccc(-n2c3ccc(-c4ccc(N(c5ccc6c(c5)oc5ccccc56)c5ccc6c(c5)oc5ccccc56)cc4)cc3c3c4ccccc4oc32)cc1. The van der Waals surface area contributed by atoms with Gasteiger partial charge in [0.15, 0.2) is 0 Å². The first-order valence-corrected chi connectivity index (χ1v) is 18.5. The molecular formula is C50H30N2O3. The van der Waals surface area contributed by atoms with E-state index in [4.69, 9.17) is 13.3 Å². The number of para-hydroxylation sites is 4. The van der Waals surface area contributed by atoms with Gasteiger partial charge < -0.3 is 18.2 Å². The number of benzene rings is 8. The molecule has 0 unspecified atom stereocenters. The van der Waals surface area contributed by atoms with Crippen molar-refractivity contribution in [2.24, 2.45) is 0 Å². The van der Waals surface area contributed by atoms with Crippen LogP contribution in [0, 0.1) is 0 Å². The van der Waals surface area contributed by atoms with Gasteiger partial charge in [0.25, 0.3) is 0 Å². The first-order valence-electron chi connectivity index (χ1n) is 18.5. The molecule has 4 aromatic heterocycles. The summed E-state index contributed by atoms with van der Waals surface area (Å²) < 4.78 is 21.5. The van der Waals surface area contributed by atoms with Gasteiger partial charge in [0, 0.05) is 67.2 Å². The standard InChI is InChI=1S/C50H30N2O3/c1-2-10-33(11-3-1)52-43-27-20-32(28-42(43)49-41-14-6-9-17-46(41)55-50(49)52)31-18-21-34(22-19-31)51(35-23-25-39-37-12-4-7-15-44(37)53-47(39)29-35)36-24-26-40-38-13-5-8-16-45(38)54-48(40)30-36/h1-30H. The Kier molecular flexibility index (Phi) is 6.27. The van der Waals surface area contributed by atoms with E-state index in [0.29, 0.717) is 0 Å². The van der Waals surface area contributed by atoms with Gasteiger partial charge in [-0.1, -0.05) is 91.0 Å². The molecule has 55 heavy (non-hydrogen) atoms. The van der Waals surface area contributed by atoms with Crippen LogP contribution in [0.15, 0.2) is 195 Å². The highest BCUT2D eigenvalue weighted by Crippen LogP contribution is 2.43. The van der Waals surface area contributed by atoms with E-state index in [-0.39, 0.29) is 0 Å². The van der Waals surface area contributed by atoms with Crippen LogP contribution in [0.4, 0.5) is 17.1 Å². The number of fused-ring (bicyclic) bond motifs is 11. The van der Waals surface area contributed by atoms with Gasteiger partial charge in [0.2, 0.25) is 5.71 Å². The van der Waals surface area contributed by atoms with Gasteiger partial charge in [-0.05, 0) is 90.0 Å². The second-order valence-electron chi connectivity index (χ2n) is 14.1. The quantitative estimate of drug-likeness (QED) is 0.179. The van der Waals surface area contributed by atoms with Crippen LogP contribution >= 0.6 is 0 Å². The molecule has 4 heterocycles. The highest BCUT2D eigenvalue weighted by Gasteiger charge is 2.21. The van der Waals surface area contributed by atoms with Crippen LogP contribution in [-0.4, -0.2) is 4.57 Å². The molecule has 0 aliphatic carbocycles. The molecule has 0 atom stereocenters. The fraction of sp³-hybridized carbons (Fsp3) is 0. The largest absolute Gasteiger partial charge is 0.456 e. The molecular weight excluding hydrogens is 677 g/mol. The van der Waals surface area contributed by atoms with Gasteiger partial charge in [-0.15, -0.1) is 0 Å². The maximum absolute atomic E-state index is 6.53. The van der Waals surface area contributed by atoms with Crippen LogP contribution in [0.2, 0.25) is 0 Å². The topological polar surface area (TPSA) is 47.6 Å². The van der Waals surface area contributed by atoms with Crippen molar-refractivity contribution in [1.82, 2.24) is 4.57 Å². The fourth-order valence-corrected chi connectivity index (χ4v) is 8.46. The van der Waals surface area contributed by atoms with Gasteiger partial charge in [-0.2, -0.15) is 0 Å². The molecule has 0 bridgehead atoms. The molecule has 0 amide bonds. The lowest BCUT2D eigenvalue weighted by molar-refractivity contribution is 0.645. The number of hydrogen-bond acceptors (Lipinski definition) is 4. The summed E-state index contributed by atoms with van der Waals surface area (Å²) in [6, 6.07) is 63.6. The Bertz CT molecular complexity index is 3320. The molecule has 5 heteroatoms. The zero-order chi connectivity index (χ0) is 36.0. The Morgan fingerprint density at radius 2 is 0.855 bits per heavy atom. The van der Waals surface area contributed by atoms with Crippen molar-refractivity contribution in [1.29, 1.82) is 0 Å². The number of furan rings is 3. The van der Waals surface area contributed by atoms with Crippen molar-refractivity contribution in [3.63, 3.8) is 0 Å². The molecule has 0 fully saturated rings. The van der Waals surface area contributed by atoms with E-state index in [1.54, 1.807) is 0 Å². The smallest absolute Gasteiger partial charge is 0.213 e. The van der Waals surface area contributed by atoms with E-state index in [1.165, 1.54) is 0 Å². The Morgan fingerprint density at radius 1 is 0.345 bits per heavy atom. The average molecular weight is 707 g/mol. The van der Waals surface area contributed by atoms with Gasteiger partial charge in [0.05, 0.1) is 10.9 Å². The predicted octanol–water partition coefficient (Wildman–Crippen LogP) is 14.5. The molecule has 12 rings (SSSR count). The molecule has 0 saturated heterocycles. The third kappa shape index (κ3) is 4.53. The molecule has 5 nitrogen and oxygen atoms in total. The summed E-state index contributed by atoms with van der Waals surface area (Å²) >= 11 is 0. The van der Waals surface area contributed by atoms with Crippen LogP contribution in [0.3, 0.4) is 0 Å². The zero-order valence-corrected chi connectivity index (χ0v) is 29.4. The van der Waals surface area contributed by atoms with Gasteiger partial charge in [-0.25, -0.2) is 0 Å². The molecule has 0 N–H and O–H groups in total. The Labute approximate surface area is 314 Å². The van der Waals surface area contributed by atoms with Gasteiger partial charge in [0.1, 0.15) is 27.9 Å². The normalized spacial score (nSPS) is 12.0. The summed E-state index contributed by atoms with van der Waals surface area (Å²) in [6.07, 6.45) is 0. The number of hydrogen-bond donors (Lipinski definition) is 0. The number of anilines is 3. The van der Waals surface area contributed by atoms with Crippen LogP contribution in [0.25, 0.3) is 93.7 Å². The Morgan fingerprint density at radius 3 is 1.49 bits per heavy atom. The Balaban J connectivity index is 1.01. The van der Waals surface area contributed by atoms with E-state index in [0.717, 1.165) is 111 Å². The van der Waals surface area contributed by atoms with Crippen LogP contribution in [0.5, 0.6) is 0 Å². The second-order valence-corrected chi connectivity index (χ2v) is 14.1. The maximum Gasteiger partial charge on any atom is 0.213 e. The molecule has 0 spiro atoms. The molecule has 12 aromatic rings. The van der Waals surface area contributed by atoms with Gasteiger partial charge in [-0.3, -0.25) is 4.57 Å². The molecule has 0 aliphatic heterocycles. The summed E-state index contributed by atoms with van der Waals surface area (Å²) in [5.74, 6) is 0. The lowest BCUT2D eigenvalue weighted by Gasteiger charge is -2.25. The van der Waals surface area contributed by atoms with Crippen molar-refractivity contribution in [3.05, 3.63) is 182 Å². The Hall–Kier alpha value is -7.50. The minimum atomic E-state index is 0.846. The monoisotopic (exact) mass is 706 g/mol. The van der Waals surface area contributed by atoms with E-state index in [9.17, 15) is 0 Å². The van der Waals surface area contributed by atoms with Crippen LogP contribution in [-0.2, 0) is 0 Å². The highest BCUT2D eigenvalue weighted by molar-refractivity contribution is 6.20. The highest BCUT2D eigenvalue weighted by atomic mass is 16.3. The van der Waals surface area contributed by atoms with E-state index < -0.39 is 0 Å². The number of aromatic nitrogens is 1. The predicted molar refractivity (Wildman–Crippen MR) is 225 cm³/mol. The minimum absolute atomic E-state index is 0.846. The summed E-state index contributed by atoms with van der Waals surface area (Å²) in [5.41, 5.74) is 12.6. The van der Waals surface area contributed by atoms with Crippen LogP contribution in [0.1, 0.15) is 0 Å². The zero-order valence-electron chi connectivity index (χ0n) is 29.4. The third-order valence-corrected chi connectivity index (χ3v) is 11.0. The summed E-state index contributed by atoms with van der Waals surface area (Å²) in [7, 11) is 0. The molecule has 0 aliphatic rings. The molecule has 0 radical (unpaired) electrons.